The van der Waals surface area contributed by atoms with E-state index in [1.54, 1.807) is 0 Å². The Bertz CT molecular complexity index is 485. The van der Waals surface area contributed by atoms with Crippen molar-refractivity contribution in [1.29, 1.82) is 0 Å². The largest absolute Gasteiger partial charge is 0.481 e. The lowest BCUT2D eigenvalue weighted by Gasteiger charge is -2.03. The number of hydrogen-bond donors (Lipinski definition) is 2. The molecule has 0 aliphatic carbocycles. The molecule has 7 nitrogen and oxygen atoms in total. The second-order valence-electron chi connectivity index (χ2n) is 5.07. The first-order valence-corrected chi connectivity index (χ1v) is 9.19. The summed E-state index contributed by atoms with van der Waals surface area (Å²) < 4.78 is 10.7. The predicted octanol–water partition coefficient (Wildman–Crippen LogP) is 2.56. The number of ether oxygens (including phenoxy) is 2. The van der Waals surface area contributed by atoms with Gasteiger partial charge in [-0.25, -0.2) is 4.98 Å². The lowest BCUT2D eigenvalue weighted by atomic mass is 10.2. The van der Waals surface area contributed by atoms with Crippen LogP contribution >= 0.6 is 11.8 Å². The summed E-state index contributed by atoms with van der Waals surface area (Å²) in [5.41, 5.74) is -0.102. The van der Waals surface area contributed by atoms with Crippen molar-refractivity contribution < 1.29 is 19.4 Å². The van der Waals surface area contributed by atoms with Gasteiger partial charge in [-0.3, -0.25) is 9.59 Å². The molecule has 0 amide bonds. The van der Waals surface area contributed by atoms with Gasteiger partial charge in [0.05, 0.1) is 12.2 Å². The van der Waals surface area contributed by atoms with E-state index < -0.39 is 5.97 Å². The van der Waals surface area contributed by atoms with Crippen LogP contribution in [-0.2, 0) is 14.3 Å². The Balaban J connectivity index is 0.000000324. The highest BCUT2D eigenvalue weighted by molar-refractivity contribution is 7.98. The predicted molar refractivity (Wildman–Crippen MR) is 94.6 cm³/mol. The van der Waals surface area contributed by atoms with Gasteiger partial charge in [-0.15, -0.1) is 0 Å². The lowest BCUT2D eigenvalue weighted by molar-refractivity contribution is -0.134. The number of carboxylic acids is 1. The van der Waals surface area contributed by atoms with E-state index in [9.17, 15) is 4.79 Å². The Kier molecular flexibility index (Phi) is 13.2. The van der Waals surface area contributed by atoms with Crippen molar-refractivity contribution >= 4 is 17.7 Å². The van der Waals surface area contributed by atoms with E-state index in [4.69, 9.17) is 19.4 Å². The summed E-state index contributed by atoms with van der Waals surface area (Å²) in [6.45, 7) is 7.16. The maximum atomic E-state index is 10.5. The van der Waals surface area contributed by atoms with Gasteiger partial charge in [0.1, 0.15) is 0 Å². The summed E-state index contributed by atoms with van der Waals surface area (Å²) in [6.07, 6.45) is 7.74. The van der Waals surface area contributed by atoms with Crippen molar-refractivity contribution in [2.45, 2.75) is 57.4 Å². The van der Waals surface area contributed by atoms with Crippen molar-refractivity contribution in [3.63, 3.8) is 0 Å². The first-order chi connectivity index (χ1) is 11.4. The van der Waals surface area contributed by atoms with Crippen LogP contribution in [0.15, 0.2) is 22.2 Å². The van der Waals surface area contributed by atoms with E-state index in [1.165, 1.54) is 30.4 Å². The third-order valence-corrected chi connectivity index (χ3v) is 3.32. The molecule has 0 unspecified atom stereocenters. The average molecular weight is 360 g/mol. The number of aliphatic carboxylic acids is 1. The highest BCUT2D eigenvalue weighted by Gasteiger charge is 2.33. The first kappa shape index (κ1) is 22.6. The summed E-state index contributed by atoms with van der Waals surface area (Å²) in [4.78, 5) is 26.0. The van der Waals surface area contributed by atoms with Crippen LogP contribution in [0, 0.1) is 0 Å². The van der Waals surface area contributed by atoms with E-state index in [2.05, 4.69) is 23.8 Å². The second kappa shape index (κ2) is 14.0. The fourth-order valence-electron chi connectivity index (χ4n) is 1.88. The number of aromatic nitrogens is 2. The molecule has 2 atom stereocenters. The minimum absolute atomic E-state index is 0.102. The number of fused-ring (bicyclic) bond motifs is 1. The molecule has 2 N–H and O–H groups in total. The Morgan fingerprint density at radius 1 is 1.33 bits per heavy atom. The number of H-pyrrole nitrogens is 1. The molecule has 138 valence electrons. The highest BCUT2D eigenvalue weighted by Crippen LogP contribution is 2.25. The number of nitrogens with one attached hydrogen (secondary N) is 1. The number of rotatable bonds is 1. The van der Waals surface area contributed by atoms with Crippen LogP contribution in [0.3, 0.4) is 0 Å². The Labute approximate surface area is 147 Å². The molecule has 0 radical (unpaired) electrons. The molecule has 2 saturated heterocycles. The van der Waals surface area contributed by atoms with Gasteiger partial charge in [-0.1, -0.05) is 32.0 Å². The molecular formula is C16H28N2O5S. The molecule has 1 aromatic rings. The highest BCUT2D eigenvalue weighted by atomic mass is 32.2. The quantitative estimate of drug-likeness (QED) is 0.586. The molecule has 8 heteroatoms. The van der Waals surface area contributed by atoms with E-state index in [0.29, 0.717) is 17.4 Å². The minimum Gasteiger partial charge on any atom is -0.481 e. The van der Waals surface area contributed by atoms with Crippen molar-refractivity contribution in [3.8, 4) is 0 Å². The lowest BCUT2D eigenvalue weighted by Crippen LogP contribution is -2.13. The van der Waals surface area contributed by atoms with Crippen LogP contribution in [0.5, 0.6) is 0 Å². The van der Waals surface area contributed by atoms with Crippen molar-refractivity contribution in [1.82, 2.24) is 9.97 Å². The van der Waals surface area contributed by atoms with Gasteiger partial charge in [0, 0.05) is 32.4 Å². The van der Waals surface area contributed by atoms with Crippen molar-refractivity contribution in [3.05, 3.63) is 22.6 Å². The fraction of sp³-hybridized carbons (Fsp3) is 0.688. The molecular weight excluding hydrogens is 332 g/mol. The third-order valence-electron chi connectivity index (χ3n) is 2.72. The summed E-state index contributed by atoms with van der Waals surface area (Å²) in [5.74, 6) is -0.833. The van der Waals surface area contributed by atoms with Gasteiger partial charge < -0.3 is 19.6 Å². The molecule has 3 heterocycles. The first-order valence-electron chi connectivity index (χ1n) is 7.96. The van der Waals surface area contributed by atoms with Crippen LogP contribution in [-0.4, -0.2) is 52.7 Å². The summed E-state index contributed by atoms with van der Waals surface area (Å²) in [6, 6.07) is 1.39. The number of nitrogens with zero attached hydrogens (tertiary/aromatic N) is 1. The number of aromatic amines is 1. The number of carbonyl (C=O) groups is 1. The molecule has 3 rings (SSSR count). The van der Waals surface area contributed by atoms with Crippen molar-refractivity contribution in [2.24, 2.45) is 0 Å². The van der Waals surface area contributed by atoms with Gasteiger partial charge >= 0.3 is 0 Å². The SMILES string of the molecule is C1C[C@H]2OCC[C@H]2O1.CC(=O)O.CCC.CSc1nccc(=O)[nH]1. The van der Waals surface area contributed by atoms with Gasteiger partial charge in [-0.05, 0) is 19.1 Å². The van der Waals surface area contributed by atoms with Crippen LogP contribution < -0.4 is 5.56 Å². The third kappa shape index (κ3) is 11.2. The minimum atomic E-state index is -0.833. The smallest absolute Gasteiger partial charge is 0.300 e. The summed E-state index contributed by atoms with van der Waals surface area (Å²) >= 11 is 1.42. The normalized spacial score (nSPS) is 20.3. The van der Waals surface area contributed by atoms with Crippen LogP contribution in [0.1, 0.15) is 40.0 Å². The zero-order valence-electron chi connectivity index (χ0n) is 14.8. The molecule has 2 aliphatic heterocycles. The van der Waals surface area contributed by atoms with Crippen LogP contribution in [0.4, 0.5) is 0 Å². The Morgan fingerprint density at radius 2 is 1.79 bits per heavy atom. The molecule has 0 bridgehead atoms. The molecule has 0 saturated carbocycles. The molecule has 2 aliphatic rings. The topological polar surface area (TPSA) is 102 Å². The molecule has 0 aromatic carbocycles. The Morgan fingerprint density at radius 3 is 2.12 bits per heavy atom. The van der Waals surface area contributed by atoms with Crippen molar-refractivity contribution in [2.75, 3.05) is 19.5 Å². The molecule has 0 spiro atoms. The second-order valence-corrected chi connectivity index (χ2v) is 5.86. The number of carboxylic acid groups (broad SMARTS) is 1. The van der Waals surface area contributed by atoms with E-state index in [1.807, 2.05) is 6.26 Å². The standard InChI is InChI=1S/C6H10O2.C5H6N2OS.C3H8.C2H4O2/c1-3-7-6-2-4-8-5(1)6;1-9-5-6-3-2-4(8)7-5;1-3-2;1-2(3)4/h5-6H,1-4H2;2-3H,1H3,(H,6,7,8);3H2,1-2H3;1H3,(H,3,4)/t5-,6-;;;/m1.../s1. The monoisotopic (exact) mass is 360 g/mol. The summed E-state index contributed by atoms with van der Waals surface area (Å²) in [7, 11) is 0. The van der Waals surface area contributed by atoms with E-state index in [-0.39, 0.29) is 5.56 Å². The number of thioether (sulfide) groups is 1. The van der Waals surface area contributed by atoms with Crippen LogP contribution in [0.25, 0.3) is 0 Å². The summed E-state index contributed by atoms with van der Waals surface area (Å²) in [5, 5.41) is 8.07. The number of hydrogen-bond acceptors (Lipinski definition) is 6. The van der Waals surface area contributed by atoms with E-state index >= 15 is 0 Å². The van der Waals surface area contributed by atoms with Gasteiger partial charge in [-0.2, -0.15) is 0 Å². The average Bonchev–Trinajstić information content (AvgIpc) is 3.12. The maximum Gasteiger partial charge on any atom is 0.300 e. The van der Waals surface area contributed by atoms with Gasteiger partial charge in [0.2, 0.25) is 0 Å². The molecule has 2 fully saturated rings. The van der Waals surface area contributed by atoms with Gasteiger partial charge in [0.15, 0.2) is 5.16 Å². The fourth-order valence-corrected chi connectivity index (χ4v) is 2.25. The molecule has 24 heavy (non-hydrogen) atoms. The van der Waals surface area contributed by atoms with Crippen LogP contribution in [0.2, 0.25) is 0 Å². The van der Waals surface area contributed by atoms with E-state index in [0.717, 1.165) is 33.0 Å². The maximum absolute atomic E-state index is 10.5. The zero-order chi connectivity index (χ0) is 18.4. The zero-order valence-corrected chi connectivity index (χ0v) is 15.6. The van der Waals surface area contributed by atoms with Gasteiger partial charge in [0.25, 0.3) is 11.5 Å². The molecule has 1 aromatic heterocycles. The Hall–Kier alpha value is -1.38.